The third-order valence-electron chi connectivity index (χ3n) is 3.26. The van der Waals surface area contributed by atoms with Gasteiger partial charge in [0.15, 0.2) is 0 Å². The zero-order chi connectivity index (χ0) is 13.1. The summed E-state index contributed by atoms with van der Waals surface area (Å²) in [6.07, 6.45) is 2.06. The number of anilines is 1. The second-order valence-corrected chi connectivity index (χ2v) is 4.99. The highest BCUT2D eigenvalue weighted by Gasteiger charge is 2.23. The molecule has 1 aliphatic rings. The molecule has 2 N–H and O–H groups in total. The molecule has 1 aliphatic heterocycles. The summed E-state index contributed by atoms with van der Waals surface area (Å²) in [4.78, 5) is 10.6. The van der Waals surface area contributed by atoms with Gasteiger partial charge < -0.3 is 10.6 Å². The van der Waals surface area contributed by atoms with Crippen LogP contribution in [-0.2, 0) is 0 Å². The summed E-state index contributed by atoms with van der Waals surface area (Å²) in [6, 6.07) is 5.06. The molecule has 18 heavy (non-hydrogen) atoms. The first-order valence-electron chi connectivity index (χ1n) is 6.02. The molecule has 0 spiro atoms. The number of nitro groups is 1. The Bertz CT molecular complexity index is 453. The number of hydrogen-bond donors (Lipinski definition) is 2. The molecule has 6 heteroatoms. The molecule has 0 saturated carbocycles. The van der Waals surface area contributed by atoms with Crippen molar-refractivity contribution in [2.75, 3.05) is 11.9 Å². The first-order chi connectivity index (χ1) is 8.58. The maximum atomic E-state index is 11.0. The average Bonchev–Trinajstić information content (AvgIpc) is 2.32. The Labute approximate surface area is 111 Å². The van der Waals surface area contributed by atoms with Gasteiger partial charge in [-0.3, -0.25) is 10.1 Å². The monoisotopic (exact) mass is 269 g/mol. The number of nitrogens with one attached hydrogen (secondary N) is 2. The second kappa shape index (κ2) is 5.54. The lowest BCUT2D eigenvalue weighted by Crippen LogP contribution is -2.46. The van der Waals surface area contributed by atoms with Crippen LogP contribution in [-0.4, -0.2) is 23.6 Å². The van der Waals surface area contributed by atoms with E-state index in [1.807, 2.05) is 0 Å². The van der Waals surface area contributed by atoms with Crippen molar-refractivity contribution >= 4 is 23.0 Å². The van der Waals surface area contributed by atoms with Crippen molar-refractivity contribution < 1.29 is 4.92 Å². The average molecular weight is 270 g/mol. The molecule has 2 atom stereocenters. The van der Waals surface area contributed by atoms with Crippen molar-refractivity contribution in [3.05, 3.63) is 33.3 Å². The standard InChI is InChI=1S/C12H16ClN3O2/c1-8-10(3-2-6-14-8)15-11-7-9(13)4-5-12(11)16(17)18/h4-5,7-8,10,14-15H,2-3,6H2,1H3. The van der Waals surface area contributed by atoms with E-state index in [1.165, 1.54) is 12.1 Å². The topological polar surface area (TPSA) is 67.2 Å². The molecular formula is C12H16ClN3O2. The molecule has 5 nitrogen and oxygen atoms in total. The van der Waals surface area contributed by atoms with Crippen LogP contribution in [0.15, 0.2) is 18.2 Å². The molecule has 0 bridgehead atoms. The van der Waals surface area contributed by atoms with E-state index in [0.29, 0.717) is 10.7 Å². The fraction of sp³-hybridized carbons (Fsp3) is 0.500. The number of nitro benzene ring substituents is 1. The number of rotatable bonds is 3. The Morgan fingerprint density at radius 3 is 3.00 bits per heavy atom. The molecule has 98 valence electrons. The molecule has 0 amide bonds. The first-order valence-corrected chi connectivity index (χ1v) is 6.39. The van der Waals surface area contributed by atoms with Gasteiger partial charge in [0.1, 0.15) is 5.69 Å². The smallest absolute Gasteiger partial charge is 0.292 e. The number of halogens is 1. The van der Waals surface area contributed by atoms with Crippen molar-refractivity contribution in [1.82, 2.24) is 5.32 Å². The van der Waals surface area contributed by atoms with Crippen molar-refractivity contribution in [1.29, 1.82) is 0 Å². The SMILES string of the molecule is CC1NCCCC1Nc1cc(Cl)ccc1[N+](=O)[O-]. The van der Waals surface area contributed by atoms with Gasteiger partial charge in [0.05, 0.1) is 4.92 Å². The Kier molecular flexibility index (Phi) is 4.04. The van der Waals surface area contributed by atoms with Gasteiger partial charge in [-0.1, -0.05) is 11.6 Å². The molecule has 1 saturated heterocycles. The van der Waals surface area contributed by atoms with Gasteiger partial charge in [0.2, 0.25) is 0 Å². The highest BCUT2D eigenvalue weighted by atomic mass is 35.5. The maximum Gasteiger partial charge on any atom is 0.292 e. The molecule has 1 aromatic rings. The van der Waals surface area contributed by atoms with Crippen LogP contribution in [0, 0.1) is 10.1 Å². The van der Waals surface area contributed by atoms with Crippen molar-refractivity contribution in [2.45, 2.75) is 31.8 Å². The Morgan fingerprint density at radius 1 is 1.56 bits per heavy atom. The third-order valence-corrected chi connectivity index (χ3v) is 3.49. The minimum absolute atomic E-state index is 0.0668. The van der Waals surface area contributed by atoms with E-state index in [-0.39, 0.29) is 22.7 Å². The number of piperidine rings is 1. The molecule has 1 fully saturated rings. The molecule has 0 aromatic heterocycles. The highest BCUT2D eigenvalue weighted by molar-refractivity contribution is 6.31. The van der Waals surface area contributed by atoms with Crippen LogP contribution in [0.4, 0.5) is 11.4 Å². The zero-order valence-electron chi connectivity index (χ0n) is 10.1. The van der Waals surface area contributed by atoms with Crippen LogP contribution in [0.3, 0.4) is 0 Å². The predicted octanol–water partition coefficient (Wildman–Crippen LogP) is 2.80. The van der Waals surface area contributed by atoms with Gasteiger partial charge in [-0.2, -0.15) is 0 Å². The molecule has 0 aliphatic carbocycles. The minimum Gasteiger partial charge on any atom is -0.375 e. The Balaban J connectivity index is 2.21. The summed E-state index contributed by atoms with van der Waals surface area (Å²) in [6.45, 7) is 3.07. The Hall–Kier alpha value is -1.33. The first kappa shape index (κ1) is 13.1. The van der Waals surface area contributed by atoms with E-state index in [2.05, 4.69) is 17.6 Å². The largest absolute Gasteiger partial charge is 0.375 e. The predicted molar refractivity (Wildman–Crippen MR) is 72.2 cm³/mol. The Morgan fingerprint density at radius 2 is 2.33 bits per heavy atom. The number of nitrogens with zero attached hydrogens (tertiary/aromatic N) is 1. The van der Waals surface area contributed by atoms with Gasteiger partial charge in [-0.05, 0) is 38.4 Å². The number of benzene rings is 1. The van der Waals surface area contributed by atoms with E-state index in [9.17, 15) is 10.1 Å². The molecule has 1 aromatic carbocycles. The van der Waals surface area contributed by atoms with E-state index < -0.39 is 0 Å². The number of hydrogen-bond acceptors (Lipinski definition) is 4. The van der Waals surface area contributed by atoms with Crippen LogP contribution in [0.1, 0.15) is 19.8 Å². The minimum atomic E-state index is -0.389. The lowest BCUT2D eigenvalue weighted by Gasteiger charge is -2.31. The van der Waals surface area contributed by atoms with Crippen molar-refractivity contribution in [3.8, 4) is 0 Å². The molecule has 2 rings (SSSR count). The molecule has 1 heterocycles. The van der Waals surface area contributed by atoms with Crippen LogP contribution in [0.5, 0.6) is 0 Å². The van der Waals surface area contributed by atoms with E-state index in [1.54, 1.807) is 6.07 Å². The van der Waals surface area contributed by atoms with Gasteiger partial charge in [0, 0.05) is 23.2 Å². The van der Waals surface area contributed by atoms with Gasteiger partial charge >= 0.3 is 0 Å². The van der Waals surface area contributed by atoms with Gasteiger partial charge in [-0.25, -0.2) is 0 Å². The van der Waals surface area contributed by atoms with Crippen LogP contribution in [0.2, 0.25) is 5.02 Å². The summed E-state index contributed by atoms with van der Waals surface area (Å²) in [5.74, 6) is 0. The lowest BCUT2D eigenvalue weighted by atomic mass is 9.99. The van der Waals surface area contributed by atoms with E-state index >= 15 is 0 Å². The van der Waals surface area contributed by atoms with Crippen molar-refractivity contribution in [3.63, 3.8) is 0 Å². The molecule has 2 unspecified atom stereocenters. The summed E-state index contributed by atoms with van der Waals surface area (Å²) >= 11 is 5.90. The van der Waals surface area contributed by atoms with Crippen LogP contribution >= 0.6 is 11.6 Å². The zero-order valence-corrected chi connectivity index (χ0v) is 10.9. The molecular weight excluding hydrogens is 254 g/mol. The second-order valence-electron chi connectivity index (χ2n) is 4.55. The molecule has 0 radical (unpaired) electrons. The van der Waals surface area contributed by atoms with Crippen LogP contribution in [0.25, 0.3) is 0 Å². The normalized spacial score (nSPS) is 23.7. The van der Waals surface area contributed by atoms with Crippen LogP contribution < -0.4 is 10.6 Å². The van der Waals surface area contributed by atoms with Gasteiger partial charge in [0.25, 0.3) is 5.69 Å². The van der Waals surface area contributed by atoms with Gasteiger partial charge in [-0.15, -0.1) is 0 Å². The fourth-order valence-corrected chi connectivity index (χ4v) is 2.40. The highest BCUT2D eigenvalue weighted by Crippen LogP contribution is 2.29. The lowest BCUT2D eigenvalue weighted by molar-refractivity contribution is -0.384. The van der Waals surface area contributed by atoms with Crippen molar-refractivity contribution in [2.24, 2.45) is 0 Å². The maximum absolute atomic E-state index is 11.0. The fourth-order valence-electron chi connectivity index (χ4n) is 2.22. The summed E-state index contributed by atoms with van der Waals surface area (Å²) in [5.41, 5.74) is 0.560. The summed E-state index contributed by atoms with van der Waals surface area (Å²) in [5, 5.41) is 18.0. The third kappa shape index (κ3) is 2.91. The van der Waals surface area contributed by atoms with E-state index in [0.717, 1.165) is 19.4 Å². The quantitative estimate of drug-likeness (QED) is 0.654. The van der Waals surface area contributed by atoms with E-state index in [4.69, 9.17) is 11.6 Å². The summed E-state index contributed by atoms with van der Waals surface area (Å²) < 4.78 is 0. The summed E-state index contributed by atoms with van der Waals surface area (Å²) in [7, 11) is 0.